The Bertz CT molecular complexity index is 1360. The number of carbonyl (C=O) groups excluding carboxylic acids is 4. The summed E-state index contributed by atoms with van der Waals surface area (Å²) in [6.45, 7) is -1.66. The number of hydrogen-bond acceptors (Lipinski definition) is 8. The van der Waals surface area contributed by atoms with Gasteiger partial charge in [0.25, 0.3) is 11.8 Å². The van der Waals surface area contributed by atoms with E-state index in [1.165, 1.54) is 9.80 Å². The molecule has 4 aliphatic heterocycles. The van der Waals surface area contributed by atoms with Crippen LogP contribution in [0.25, 0.3) is 0 Å². The van der Waals surface area contributed by atoms with Gasteiger partial charge in [0.05, 0.1) is 0 Å². The first-order valence-electron chi connectivity index (χ1n) is 14.3. The molecule has 2 aromatic rings. The standard InChI is InChI=1S/2C14H15F3N4O2.CH4.V/c2*15-14(16,17)9-20-11(22)13(7-10-3-1-2-4-19-10)8-18-5-6-21(13)12(20)23;;/h2*1-4,18H,5-9H2;1H4;/t13-;;;/m0.../s1. The largest absolute Gasteiger partial charge is 0.406 e. The molecule has 6 rings (SSSR count). The number of urea groups is 2. The molecule has 4 fully saturated rings. The van der Waals surface area contributed by atoms with Crippen molar-refractivity contribution < 1.29 is 64.1 Å². The molecule has 4 saturated heterocycles. The van der Waals surface area contributed by atoms with Crippen molar-refractivity contribution >= 4 is 23.9 Å². The van der Waals surface area contributed by atoms with E-state index >= 15 is 0 Å². The van der Waals surface area contributed by atoms with Crippen LogP contribution < -0.4 is 10.6 Å². The van der Waals surface area contributed by atoms with Crippen molar-refractivity contribution in [2.24, 2.45) is 0 Å². The summed E-state index contributed by atoms with van der Waals surface area (Å²) >= 11 is 0. The molecule has 1 radical (unpaired) electrons. The van der Waals surface area contributed by atoms with Crippen LogP contribution in [-0.2, 0) is 41.0 Å². The van der Waals surface area contributed by atoms with Gasteiger partial charge in [-0.25, -0.2) is 9.59 Å². The second kappa shape index (κ2) is 14.8. The fourth-order valence-electron chi connectivity index (χ4n) is 6.21. The van der Waals surface area contributed by atoms with E-state index < -0.39 is 60.4 Å². The van der Waals surface area contributed by atoms with Crippen molar-refractivity contribution in [2.45, 2.75) is 43.7 Å². The zero-order valence-corrected chi connectivity index (χ0v) is 26.1. The van der Waals surface area contributed by atoms with Gasteiger partial charge < -0.3 is 20.4 Å². The molecule has 261 valence electrons. The van der Waals surface area contributed by atoms with E-state index in [1.807, 2.05) is 0 Å². The number of alkyl halides is 6. The number of pyridine rings is 2. The first kappa shape index (κ1) is 38.7. The van der Waals surface area contributed by atoms with Gasteiger partial charge in [0, 0.05) is 94.4 Å². The molecule has 19 heteroatoms. The zero-order valence-electron chi connectivity index (χ0n) is 24.7. The van der Waals surface area contributed by atoms with Crippen LogP contribution in [-0.4, -0.2) is 129 Å². The second-order valence-corrected chi connectivity index (χ2v) is 11.3. The van der Waals surface area contributed by atoms with Gasteiger partial charge in [0.15, 0.2) is 0 Å². The second-order valence-electron chi connectivity index (χ2n) is 11.3. The number of fused-ring (bicyclic) bond motifs is 2. The van der Waals surface area contributed by atoms with Gasteiger partial charge in [0.2, 0.25) is 0 Å². The average molecular weight is 724 g/mol. The fraction of sp³-hybridized carbons (Fsp3) is 0.517. The third kappa shape index (κ3) is 7.77. The van der Waals surface area contributed by atoms with Gasteiger partial charge >= 0.3 is 24.4 Å². The molecule has 12 nitrogen and oxygen atoms in total. The van der Waals surface area contributed by atoms with E-state index in [-0.39, 0.29) is 65.0 Å². The number of piperazine rings is 2. The Kier molecular flexibility index (Phi) is 11.9. The monoisotopic (exact) mass is 723 g/mol. The molecule has 2 N–H and O–H groups in total. The summed E-state index contributed by atoms with van der Waals surface area (Å²) in [6, 6.07) is 8.47. The van der Waals surface area contributed by atoms with E-state index in [0.29, 0.717) is 34.3 Å². The molecule has 1 unspecified atom stereocenters. The molecular weight excluding hydrogens is 689 g/mol. The number of carbonyl (C=O) groups is 4. The third-order valence-electron chi connectivity index (χ3n) is 8.18. The number of nitrogens with one attached hydrogen (secondary N) is 2. The molecule has 0 spiro atoms. The van der Waals surface area contributed by atoms with E-state index in [9.17, 15) is 45.5 Å². The molecule has 4 aliphatic rings. The van der Waals surface area contributed by atoms with E-state index in [4.69, 9.17) is 0 Å². The van der Waals surface area contributed by atoms with Crippen molar-refractivity contribution in [2.75, 3.05) is 52.4 Å². The molecular formula is C29H34F6N8O4V. The number of imide groups is 2. The number of halogens is 6. The zero-order chi connectivity index (χ0) is 33.3. The van der Waals surface area contributed by atoms with Crippen LogP contribution in [0.2, 0.25) is 0 Å². The van der Waals surface area contributed by atoms with Crippen molar-refractivity contribution in [1.82, 2.24) is 40.2 Å². The summed E-state index contributed by atoms with van der Waals surface area (Å²) in [5.41, 5.74) is -1.57. The molecule has 6 heterocycles. The third-order valence-corrected chi connectivity index (χ3v) is 8.18. The first-order valence-corrected chi connectivity index (χ1v) is 14.3. The molecule has 2 atom stereocenters. The SMILES string of the molecule is C.O=C1N(CC(F)(F)F)C(=O)C2(Cc3ccccn3)CNCCN12.O=C1N(CC(F)(F)F)C(=O)[C@]2(Cc3ccccn3)CNCCN12.[V]. The maximum absolute atomic E-state index is 12.7. The number of amides is 6. The summed E-state index contributed by atoms with van der Waals surface area (Å²) in [4.78, 5) is 61.3. The summed E-state index contributed by atoms with van der Waals surface area (Å²) in [7, 11) is 0. The summed E-state index contributed by atoms with van der Waals surface area (Å²) in [6.07, 6.45) is -6.00. The molecule has 0 bridgehead atoms. The predicted molar refractivity (Wildman–Crippen MR) is 154 cm³/mol. The van der Waals surface area contributed by atoms with Crippen LogP contribution in [0.5, 0.6) is 0 Å². The van der Waals surface area contributed by atoms with Crippen LogP contribution in [0.4, 0.5) is 35.9 Å². The number of aromatic nitrogens is 2. The van der Waals surface area contributed by atoms with Crippen LogP contribution in [0, 0.1) is 0 Å². The van der Waals surface area contributed by atoms with Gasteiger partial charge in [-0.2, -0.15) is 26.3 Å². The average Bonchev–Trinajstić information content (AvgIpc) is 3.32. The number of rotatable bonds is 6. The van der Waals surface area contributed by atoms with Crippen molar-refractivity contribution in [3.8, 4) is 0 Å². The van der Waals surface area contributed by atoms with Crippen LogP contribution in [0.15, 0.2) is 48.8 Å². The Balaban J connectivity index is 0.000000250. The normalized spacial score (nSPS) is 24.0. The van der Waals surface area contributed by atoms with Gasteiger partial charge in [-0.05, 0) is 24.3 Å². The van der Waals surface area contributed by atoms with Crippen molar-refractivity contribution in [3.63, 3.8) is 0 Å². The van der Waals surface area contributed by atoms with Gasteiger partial charge in [-0.3, -0.25) is 29.4 Å². The Morgan fingerprint density at radius 2 is 1.04 bits per heavy atom. The molecule has 2 aromatic heterocycles. The number of nitrogens with zero attached hydrogens (tertiary/aromatic N) is 6. The molecule has 0 aromatic carbocycles. The number of hydrogen-bond donors (Lipinski definition) is 2. The summed E-state index contributed by atoms with van der Waals surface area (Å²) in [5, 5.41) is 6.00. The van der Waals surface area contributed by atoms with Crippen LogP contribution >= 0.6 is 0 Å². The molecule has 0 aliphatic carbocycles. The first-order chi connectivity index (χ1) is 21.7. The van der Waals surface area contributed by atoms with E-state index in [2.05, 4.69) is 20.6 Å². The Morgan fingerprint density at radius 1 is 0.667 bits per heavy atom. The van der Waals surface area contributed by atoms with Gasteiger partial charge in [-0.15, -0.1) is 0 Å². The van der Waals surface area contributed by atoms with Crippen LogP contribution in [0.3, 0.4) is 0 Å². The van der Waals surface area contributed by atoms with Gasteiger partial charge in [-0.1, -0.05) is 19.6 Å². The fourth-order valence-corrected chi connectivity index (χ4v) is 6.21. The Labute approximate surface area is 284 Å². The molecule has 6 amide bonds. The predicted octanol–water partition coefficient (Wildman–Crippen LogP) is 2.22. The Morgan fingerprint density at radius 3 is 1.35 bits per heavy atom. The topological polar surface area (TPSA) is 131 Å². The minimum Gasteiger partial charge on any atom is -0.312 e. The Hall–Kier alpha value is -3.74. The smallest absolute Gasteiger partial charge is 0.312 e. The maximum Gasteiger partial charge on any atom is 0.406 e. The van der Waals surface area contributed by atoms with Crippen molar-refractivity contribution in [3.05, 3.63) is 60.2 Å². The van der Waals surface area contributed by atoms with Gasteiger partial charge in [0.1, 0.15) is 24.2 Å². The van der Waals surface area contributed by atoms with E-state index in [0.717, 1.165) is 0 Å². The summed E-state index contributed by atoms with van der Waals surface area (Å²) < 4.78 is 76.1. The molecule has 48 heavy (non-hydrogen) atoms. The van der Waals surface area contributed by atoms with E-state index in [1.54, 1.807) is 48.8 Å². The minimum atomic E-state index is -4.63. The van der Waals surface area contributed by atoms with Crippen molar-refractivity contribution in [1.29, 1.82) is 0 Å². The minimum absolute atomic E-state index is 0. The van der Waals surface area contributed by atoms with Crippen LogP contribution in [0.1, 0.15) is 18.8 Å². The quantitative estimate of drug-likeness (QED) is 0.343. The summed E-state index contributed by atoms with van der Waals surface area (Å²) in [5.74, 6) is -1.64. The molecule has 0 saturated carbocycles. The maximum atomic E-state index is 12.7.